The van der Waals surface area contributed by atoms with Gasteiger partial charge in [0.2, 0.25) is 0 Å². The van der Waals surface area contributed by atoms with Gasteiger partial charge in [-0.05, 0) is 36.6 Å². The average molecular weight is 281 g/mol. The second kappa shape index (κ2) is 7.29. The molecule has 2 rings (SSSR count). The van der Waals surface area contributed by atoms with E-state index in [1.165, 1.54) is 17.2 Å². The number of nitrogens with one attached hydrogen (secondary N) is 1. The molecule has 0 aliphatic carbocycles. The van der Waals surface area contributed by atoms with Crippen LogP contribution in [0.2, 0.25) is 0 Å². The van der Waals surface area contributed by atoms with E-state index in [-0.39, 0.29) is 5.97 Å². The van der Waals surface area contributed by atoms with Crippen molar-refractivity contribution in [2.45, 2.75) is 13.8 Å². The highest BCUT2D eigenvalue weighted by molar-refractivity contribution is 5.82. The molecule has 108 valence electrons. The van der Waals surface area contributed by atoms with Gasteiger partial charge in [-0.15, -0.1) is 0 Å². The molecule has 0 aliphatic heterocycles. The molecular formula is C18H19NO2. The minimum absolute atomic E-state index is 0.345. The van der Waals surface area contributed by atoms with Crippen molar-refractivity contribution in [1.82, 2.24) is 0 Å². The van der Waals surface area contributed by atoms with Crippen LogP contribution in [-0.2, 0) is 9.53 Å². The van der Waals surface area contributed by atoms with E-state index in [4.69, 9.17) is 4.74 Å². The van der Waals surface area contributed by atoms with Crippen LogP contribution in [0.1, 0.15) is 12.5 Å². The Kier molecular flexibility index (Phi) is 5.16. The minimum Gasteiger partial charge on any atom is -0.463 e. The lowest BCUT2D eigenvalue weighted by Gasteiger charge is -2.11. The molecule has 0 heterocycles. The van der Waals surface area contributed by atoms with Crippen molar-refractivity contribution in [3.05, 3.63) is 66.4 Å². The van der Waals surface area contributed by atoms with Crippen LogP contribution in [0, 0.1) is 6.92 Å². The van der Waals surface area contributed by atoms with E-state index in [0.717, 1.165) is 11.3 Å². The van der Waals surface area contributed by atoms with Crippen LogP contribution in [-0.4, -0.2) is 12.6 Å². The highest BCUT2D eigenvalue weighted by Gasteiger charge is 2.04. The van der Waals surface area contributed by atoms with Gasteiger partial charge in [0.25, 0.3) is 0 Å². The van der Waals surface area contributed by atoms with E-state index in [2.05, 4.69) is 30.4 Å². The molecule has 2 aromatic carbocycles. The summed E-state index contributed by atoms with van der Waals surface area (Å²) in [6.45, 7) is 4.22. The number of benzene rings is 2. The Hall–Kier alpha value is -2.55. The molecule has 0 spiro atoms. The fourth-order valence-corrected chi connectivity index (χ4v) is 2.11. The van der Waals surface area contributed by atoms with Crippen molar-refractivity contribution in [2.75, 3.05) is 11.9 Å². The number of carbonyl (C=O) groups excluding carboxylic acids is 1. The van der Waals surface area contributed by atoms with E-state index in [1.807, 2.05) is 30.3 Å². The molecule has 0 radical (unpaired) electrons. The number of esters is 1. The Morgan fingerprint density at radius 2 is 1.90 bits per heavy atom. The van der Waals surface area contributed by atoms with Gasteiger partial charge >= 0.3 is 5.97 Å². The molecule has 0 amide bonds. The fourth-order valence-electron chi connectivity index (χ4n) is 2.11. The quantitative estimate of drug-likeness (QED) is 0.661. The van der Waals surface area contributed by atoms with Gasteiger partial charge in [0, 0.05) is 18.0 Å². The van der Waals surface area contributed by atoms with Crippen LogP contribution in [0.15, 0.2) is 60.8 Å². The van der Waals surface area contributed by atoms with E-state index < -0.39 is 0 Å². The topological polar surface area (TPSA) is 38.3 Å². The van der Waals surface area contributed by atoms with Gasteiger partial charge in [0.15, 0.2) is 0 Å². The zero-order valence-electron chi connectivity index (χ0n) is 12.3. The Morgan fingerprint density at radius 3 is 2.62 bits per heavy atom. The summed E-state index contributed by atoms with van der Waals surface area (Å²) in [5.74, 6) is -0.345. The Bertz CT molecular complexity index is 633. The summed E-state index contributed by atoms with van der Waals surface area (Å²) < 4.78 is 4.84. The Morgan fingerprint density at radius 1 is 1.14 bits per heavy atom. The Labute approximate surface area is 125 Å². The van der Waals surface area contributed by atoms with Crippen molar-refractivity contribution in [2.24, 2.45) is 0 Å². The third-order valence-electron chi connectivity index (χ3n) is 3.16. The zero-order valence-corrected chi connectivity index (χ0v) is 12.3. The second-order valence-corrected chi connectivity index (χ2v) is 4.57. The van der Waals surface area contributed by atoms with E-state index in [0.29, 0.717) is 6.61 Å². The monoisotopic (exact) mass is 281 g/mol. The van der Waals surface area contributed by atoms with Crippen LogP contribution < -0.4 is 5.32 Å². The van der Waals surface area contributed by atoms with E-state index in [9.17, 15) is 4.79 Å². The molecule has 0 saturated heterocycles. The van der Waals surface area contributed by atoms with Gasteiger partial charge in [-0.25, -0.2) is 4.79 Å². The molecule has 0 bridgehead atoms. The smallest absolute Gasteiger partial charge is 0.332 e. The number of anilines is 1. The highest BCUT2D eigenvalue weighted by atomic mass is 16.5. The van der Waals surface area contributed by atoms with E-state index in [1.54, 1.807) is 13.1 Å². The molecule has 2 aromatic rings. The molecule has 0 atom stereocenters. The molecule has 21 heavy (non-hydrogen) atoms. The zero-order chi connectivity index (χ0) is 15.1. The molecule has 0 saturated carbocycles. The summed E-state index contributed by atoms with van der Waals surface area (Å²) in [6.07, 6.45) is 2.99. The first kappa shape index (κ1) is 14.9. The number of carbonyl (C=O) groups is 1. The summed E-state index contributed by atoms with van der Waals surface area (Å²) >= 11 is 0. The second-order valence-electron chi connectivity index (χ2n) is 4.57. The average Bonchev–Trinajstić information content (AvgIpc) is 2.50. The van der Waals surface area contributed by atoms with E-state index >= 15 is 0 Å². The minimum atomic E-state index is -0.345. The molecule has 3 nitrogen and oxygen atoms in total. The van der Waals surface area contributed by atoms with Gasteiger partial charge in [0.1, 0.15) is 0 Å². The number of hydrogen-bond acceptors (Lipinski definition) is 3. The highest BCUT2D eigenvalue weighted by Crippen LogP contribution is 2.28. The summed E-state index contributed by atoms with van der Waals surface area (Å²) in [6, 6.07) is 16.3. The maximum Gasteiger partial charge on any atom is 0.332 e. The normalized spacial score (nSPS) is 10.6. The van der Waals surface area contributed by atoms with Gasteiger partial charge in [-0.2, -0.15) is 0 Å². The van der Waals surface area contributed by atoms with Crippen LogP contribution in [0.3, 0.4) is 0 Å². The molecule has 0 aliphatic rings. The van der Waals surface area contributed by atoms with Crippen LogP contribution in [0.4, 0.5) is 5.69 Å². The van der Waals surface area contributed by atoms with Crippen molar-refractivity contribution >= 4 is 11.7 Å². The molecule has 0 aromatic heterocycles. The lowest BCUT2D eigenvalue weighted by molar-refractivity contribution is -0.137. The third kappa shape index (κ3) is 3.96. The van der Waals surface area contributed by atoms with Crippen LogP contribution >= 0.6 is 0 Å². The van der Waals surface area contributed by atoms with Gasteiger partial charge < -0.3 is 10.1 Å². The first-order chi connectivity index (χ1) is 10.2. The predicted molar refractivity (Wildman–Crippen MR) is 86.0 cm³/mol. The van der Waals surface area contributed by atoms with Crippen LogP contribution in [0.25, 0.3) is 11.1 Å². The Balaban J connectivity index is 2.17. The van der Waals surface area contributed by atoms with Crippen molar-refractivity contribution in [3.63, 3.8) is 0 Å². The first-order valence-electron chi connectivity index (χ1n) is 6.97. The van der Waals surface area contributed by atoms with Crippen molar-refractivity contribution in [1.29, 1.82) is 0 Å². The number of hydrogen-bond donors (Lipinski definition) is 1. The summed E-state index contributed by atoms with van der Waals surface area (Å²) in [7, 11) is 0. The SMILES string of the molecule is CCOC(=O)/C=C\Nc1cccc(-c2ccccc2)c1C. The van der Waals surface area contributed by atoms with Gasteiger partial charge in [-0.1, -0.05) is 42.5 Å². The number of ether oxygens (including phenoxy) is 1. The molecule has 0 fully saturated rings. The largest absolute Gasteiger partial charge is 0.463 e. The lowest BCUT2D eigenvalue weighted by Crippen LogP contribution is -2.01. The fraction of sp³-hybridized carbons (Fsp3) is 0.167. The summed E-state index contributed by atoms with van der Waals surface area (Å²) in [5.41, 5.74) is 4.45. The summed E-state index contributed by atoms with van der Waals surface area (Å²) in [5, 5.41) is 3.13. The number of rotatable bonds is 5. The van der Waals surface area contributed by atoms with Crippen molar-refractivity contribution in [3.8, 4) is 11.1 Å². The summed E-state index contributed by atoms with van der Waals surface area (Å²) in [4.78, 5) is 11.3. The standard InChI is InChI=1S/C18H19NO2/c1-3-21-18(20)12-13-19-17-11-7-10-16(14(17)2)15-8-5-4-6-9-15/h4-13,19H,3H2,1-2H3/b13-12-. The lowest BCUT2D eigenvalue weighted by atomic mass is 9.99. The van der Waals surface area contributed by atoms with Crippen LogP contribution in [0.5, 0.6) is 0 Å². The predicted octanol–water partition coefficient (Wildman–Crippen LogP) is 4.15. The first-order valence-corrected chi connectivity index (χ1v) is 6.97. The molecular weight excluding hydrogens is 262 g/mol. The molecule has 0 unspecified atom stereocenters. The molecule has 3 heteroatoms. The van der Waals surface area contributed by atoms with Gasteiger partial charge in [0.05, 0.1) is 6.61 Å². The van der Waals surface area contributed by atoms with Gasteiger partial charge in [-0.3, -0.25) is 0 Å². The third-order valence-corrected chi connectivity index (χ3v) is 3.16. The maximum atomic E-state index is 11.3. The maximum absolute atomic E-state index is 11.3. The molecule has 1 N–H and O–H groups in total. The van der Waals surface area contributed by atoms with Crippen molar-refractivity contribution < 1.29 is 9.53 Å².